The maximum atomic E-state index is 12.2. The van der Waals surface area contributed by atoms with Gasteiger partial charge >= 0.3 is 0 Å². The summed E-state index contributed by atoms with van der Waals surface area (Å²) in [5, 5.41) is 3.15. The maximum absolute atomic E-state index is 12.2. The van der Waals surface area contributed by atoms with Crippen molar-refractivity contribution in [1.82, 2.24) is 9.55 Å². The Morgan fingerprint density at radius 1 is 1.38 bits per heavy atom. The summed E-state index contributed by atoms with van der Waals surface area (Å²) >= 11 is 10.7. The second-order valence-corrected chi connectivity index (χ2v) is 6.49. The standard InChI is InChI=1S/C14H10BrClN2O2S/c15-11-7-9(16)1-2-12(11)20-5-4-18-8-17-13-10(14(18)19)3-6-21-13/h1-3,6-8H,4-5H2. The van der Waals surface area contributed by atoms with Crippen LogP contribution in [0.1, 0.15) is 0 Å². The average molecular weight is 386 g/mol. The van der Waals surface area contributed by atoms with E-state index in [4.69, 9.17) is 16.3 Å². The highest BCUT2D eigenvalue weighted by atomic mass is 79.9. The lowest BCUT2D eigenvalue weighted by molar-refractivity contribution is 0.294. The van der Waals surface area contributed by atoms with E-state index in [2.05, 4.69) is 20.9 Å². The van der Waals surface area contributed by atoms with Crippen molar-refractivity contribution >= 4 is 49.1 Å². The van der Waals surface area contributed by atoms with Gasteiger partial charge < -0.3 is 4.74 Å². The lowest BCUT2D eigenvalue weighted by Gasteiger charge is -2.09. The molecule has 2 heterocycles. The van der Waals surface area contributed by atoms with E-state index in [1.54, 1.807) is 35.2 Å². The number of thiophene rings is 1. The monoisotopic (exact) mass is 384 g/mol. The van der Waals surface area contributed by atoms with Crippen LogP contribution in [0.25, 0.3) is 10.2 Å². The summed E-state index contributed by atoms with van der Waals surface area (Å²) in [6.07, 6.45) is 1.56. The highest BCUT2D eigenvalue weighted by Gasteiger charge is 2.06. The molecule has 0 unspecified atom stereocenters. The van der Waals surface area contributed by atoms with Crippen LogP contribution in [0.5, 0.6) is 5.75 Å². The molecule has 0 amide bonds. The van der Waals surface area contributed by atoms with Crippen LogP contribution >= 0.6 is 38.9 Å². The largest absolute Gasteiger partial charge is 0.491 e. The van der Waals surface area contributed by atoms with Crippen LogP contribution < -0.4 is 10.3 Å². The van der Waals surface area contributed by atoms with Gasteiger partial charge in [-0.2, -0.15) is 0 Å². The van der Waals surface area contributed by atoms with Crippen molar-refractivity contribution in [2.45, 2.75) is 6.54 Å². The molecule has 7 heteroatoms. The van der Waals surface area contributed by atoms with Gasteiger partial charge in [-0.05, 0) is 45.6 Å². The number of aromatic nitrogens is 2. The molecule has 1 aromatic carbocycles. The molecule has 0 radical (unpaired) electrons. The first kappa shape index (κ1) is 14.6. The summed E-state index contributed by atoms with van der Waals surface area (Å²) in [6.45, 7) is 0.810. The van der Waals surface area contributed by atoms with Crippen molar-refractivity contribution < 1.29 is 4.74 Å². The number of fused-ring (bicyclic) bond motifs is 1. The maximum Gasteiger partial charge on any atom is 0.262 e. The number of benzene rings is 1. The predicted octanol–water partition coefficient (Wildman–Crippen LogP) is 3.95. The molecule has 0 fully saturated rings. The van der Waals surface area contributed by atoms with Crippen molar-refractivity contribution in [3.05, 3.63) is 55.8 Å². The topological polar surface area (TPSA) is 44.1 Å². The zero-order valence-electron chi connectivity index (χ0n) is 10.8. The van der Waals surface area contributed by atoms with Gasteiger partial charge in [0.2, 0.25) is 0 Å². The summed E-state index contributed by atoms with van der Waals surface area (Å²) in [6, 6.07) is 7.10. The van der Waals surface area contributed by atoms with E-state index < -0.39 is 0 Å². The second-order valence-electron chi connectivity index (χ2n) is 4.31. The van der Waals surface area contributed by atoms with Gasteiger partial charge in [0.05, 0.1) is 22.7 Å². The molecule has 0 aliphatic rings. The van der Waals surface area contributed by atoms with Crippen LogP contribution in [-0.4, -0.2) is 16.2 Å². The summed E-state index contributed by atoms with van der Waals surface area (Å²) in [7, 11) is 0. The molecule has 3 aromatic rings. The number of hydrogen-bond acceptors (Lipinski definition) is 4. The molecule has 2 aromatic heterocycles. The predicted molar refractivity (Wildman–Crippen MR) is 88.5 cm³/mol. The van der Waals surface area contributed by atoms with E-state index >= 15 is 0 Å². The summed E-state index contributed by atoms with van der Waals surface area (Å²) < 4.78 is 7.99. The summed E-state index contributed by atoms with van der Waals surface area (Å²) in [4.78, 5) is 17.2. The van der Waals surface area contributed by atoms with Gasteiger partial charge in [-0.1, -0.05) is 11.6 Å². The molecule has 0 bridgehead atoms. The van der Waals surface area contributed by atoms with E-state index in [1.807, 2.05) is 5.38 Å². The van der Waals surface area contributed by atoms with Gasteiger partial charge in [0.25, 0.3) is 5.56 Å². The van der Waals surface area contributed by atoms with E-state index in [0.29, 0.717) is 29.3 Å². The zero-order chi connectivity index (χ0) is 14.8. The van der Waals surface area contributed by atoms with Crippen LogP contribution in [0.3, 0.4) is 0 Å². The third kappa shape index (κ3) is 3.12. The Labute approximate surface area is 138 Å². The molecule has 0 aliphatic carbocycles. The van der Waals surface area contributed by atoms with Crippen molar-refractivity contribution in [3.8, 4) is 5.75 Å². The van der Waals surface area contributed by atoms with Gasteiger partial charge in [-0.15, -0.1) is 11.3 Å². The van der Waals surface area contributed by atoms with Crippen molar-refractivity contribution in [3.63, 3.8) is 0 Å². The molecule has 0 saturated carbocycles. The number of ether oxygens (including phenoxy) is 1. The van der Waals surface area contributed by atoms with Crippen LogP contribution in [0, 0.1) is 0 Å². The Morgan fingerprint density at radius 3 is 3.05 bits per heavy atom. The average Bonchev–Trinajstić information content (AvgIpc) is 2.93. The minimum absolute atomic E-state index is 0.0416. The van der Waals surface area contributed by atoms with Gasteiger partial charge in [0.15, 0.2) is 0 Å². The molecular weight excluding hydrogens is 376 g/mol. The molecule has 0 spiro atoms. The second kappa shape index (κ2) is 6.17. The van der Waals surface area contributed by atoms with Crippen molar-refractivity contribution in [1.29, 1.82) is 0 Å². The zero-order valence-corrected chi connectivity index (χ0v) is 13.9. The van der Waals surface area contributed by atoms with Crippen molar-refractivity contribution in [2.24, 2.45) is 0 Å². The smallest absolute Gasteiger partial charge is 0.262 e. The Balaban J connectivity index is 1.72. The molecule has 4 nitrogen and oxygen atoms in total. The summed E-state index contributed by atoms with van der Waals surface area (Å²) in [5.74, 6) is 0.692. The van der Waals surface area contributed by atoms with Crippen LogP contribution in [0.2, 0.25) is 5.02 Å². The lowest BCUT2D eigenvalue weighted by atomic mass is 10.3. The third-order valence-electron chi connectivity index (χ3n) is 2.93. The number of halogens is 2. The van der Waals surface area contributed by atoms with E-state index in [1.165, 1.54) is 11.3 Å². The number of hydrogen-bond donors (Lipinski definition) is 0. The normalized spacial score (nSPS) is 11.0. The van der Waals surface area contributed by atoms with Crippen LogP contribution in [0.4, 0.5) is 0 Å². The fourth-order valence-electron chi connectivity index (χ4n) is 1.90. The molecule has 0 atom stereocenters. The molecule has 3 rings (SSSR count). The first-order valence-electron chi connectivity index (χ1n) is 6.15. The number of rotatable bonds is 4. The Morgan fingerprint density at radius 2 is 2.24 bits per heavy atom. The van der Waals surface area contributed by atoms with Crippen molar-refractivity contribution in [2.75, 3.05) is 6.61 Å². The minimum Gasteiger partial charge on any atom is -0.491 e. The van der Waals surface area contributed by atoms with Gasteiger partial charge in [0, 0.05) is 5.02 Å². The van der Waals surface area contributed by atoms with E-state index in [-0.39, 0.29) is 5.56 Å². The third-order valence-corrected chi connectivity index (χ3v) is 4.61. The quantitative estimate of drug-likeness (QED) is 0.683. The highest BCUT2D eigenvalue weighted by Crippen LogP contribution is 2.27. The molecule has 21 heavy (non-hydrogen) atoms. The van der Waals surface area contributed by atoms with Gasteiger partial charge in [0.1, 0.15) is 17.2 Å². The highest BCUT2D eigenvalue weighted by molar-refractivity contribution is 9.10. The Bertz CT molecular complexity index is 846. The van der Waals surface area contributed by atoms with E-state index in [0.717, 1.165) is 9.30 Å². The Kier molecular flexibility index (Phi) is 4.28. The first-order valence-corrected chi connectivity index (χ1v) is 8.21. The fraction of sp³-hybridized carbons (Fsp3) is 0.143. The van der Waals surface area contributed by atoms with Crippen LogP contribution in [0.15, 0.2) is 45.2 Å². The SMILES string of the molecule is O=c1c2ccsc2ncn1CCOc1ccc(Cl)cc1Br. The fourth-order valence-corrected chi connectivity index (χ4v) is 3.42. The molecule has 0 saturated heterocycles. The van der Waals surface area contributed by atoms with E-state index in [9.17, 15) is 4.79 Å². The molecule has 108 valence electrons. The van der Waals surface area contributed by atoms with Crippen LogP contribution in [-0.2, 0) is 6.54 Å². The summed E-state index contributed by atoms with van der Waals surface area (Å²) in [5.41, 5.74) is -0.0416. The lowest BCUT2D eigenvalue weighted by Crippen LogP contribution is -2.23. The first-order chi connectivity index (χ1) is 10.1. The minimum atomic E-state index is -0.0416. The molecule has 0 aliphatic heterocycles. The number of nitrogens with zero attached hydrogens (tertiary/aromatic N) is 2. The molecular formula is C14H10BrClN2O2S. The van der Waals surface area contributed by atoms with Gasteiger partial charge in [-0.3, -0.25) is 9.36 Å². The Hall–Kier alpha value is -1.37. The molecule has 0 N–H and O–H groups in total. The van der Waals surface area contributed by atoms with Gasteiger partial charge in [-0.25, -0.2) is 4.98 Å².